The van der Waals surface area contributed by atoms with E-state index in [1.54, 1.807) is 0 Å². The summed E-state index contributed by atoms with van der Waals surface area (Å²) in [7, 11) is 0. The monoisotopic (exact) mass is 434 g/mol. The van der Waals surface area contributed by atoms with Gasteiger partial charge in [-0.1, -0.05) is 51.5 Å². The van der Waals surface area contributed by atoms with Gasteiger partial charge in [0.1, 0.15) is 6.10 Å². The Bertz CT molecular complexity index is 691. The molecule has 174 valence electrons. The minimum atomic E-state index is -0.765. The Morgan fingerprint density at radius 2 is 1.77 bits per heavy atom. The van der Waals surface area contributed by atoms with Gasteiger partial charge in [-0.15, -0.1) is 0 Å². The van der Waals surface area contributed by atoms with Crippen LogP contribution in [0.1, 0.15) is 63.5 Å². The van der Waals surface area contributed by atoms with Crippen LogP contribution in [0.4, 0.5) is 0 Å². The molecule has 2 amide bonds. The molecule has 0 radical (unpaired) electrons. The first kappa shape index (κ1) is 26.7. The number of ether oxygens (including phenoxy) is 1. The first-order valence-electron chi connectivity index (χ1n) is 11.0. The summed E-state index contributed by atoms with van der Waals surface area (Å²) in [5.74, 6) is -0.542. The zero-order chi connectivity index (χ0) is 23.2. The van der Waals surface area contributed by atoms with Gasteiger partial charge in [0, 0.05) is 13.0 Å². The molecule has 0 unspecified atom stereocenters. The van der Waals surface area contributed by atoms with Crippen molar-refractivity contribution in [1.82, 2.24) is 10.6 Å². The number of carbonyl (C=O) groups excluding carboxylic acids is 3. The zero-order valence-corrected chi connectivity index (χ0v) is 19.0. The van der Waals surface area contributed by atoms with E-state index in [1.165, 1.54) is 5.56 Å². The minimum Gasteiger partial charge on any atom is -0.364 e. The number of ketones is 1. The Morgan fingerprint density at radius 1 is 1.10 bits per heavy atom. The highest BCUT2D eigenvalue weighted by molar-refractivity contribution is 5.91. The highest BCUT2D eigenvalue weighted by atomic mass is 16.5. The number of nitrogens with one attached hydrogen (secondary N) is 2. The summed E-state index contributed by atoms with van der Waals surface area (Å²) in [6.45, 7) is 6.54. The van der Waals surface area contributed by atoms with Gasteiger partial charge in [0.15, 0.2) is 5.78 Å². The average Bonchev–Trinajstić information content (AvgIpc) is 2.77. The highest BCUT2D eigenvalue weighted by Gasteiger charge is 2.21. The summed E-state index contributed by atoms with van der Waals surface area (Å²) in [6.07, 6.45) is 1.57. The van der Waals surface area contributed by atoms with Crippen molar-refractivity contribution < 1.29 is 19.1 Å². The van der Waals surface area contributed by atoms with E-state index >= 15 is 0 Å². The van der Waals surface area contributed by atoms with Crippen LogP contribution in [-0.4, -0.2) is 49.4 Å². The van der Waals surface area contributed by atoms with Crippen LogP contribution >= 0.6 is 0 Å². The van der Waals surface area contributed by atoms with Crippen molar-refractivity contribution >= 4 is 17.6 Å². The van der Waals surface area contributed by atoms with Crippen molar-refractivity contribution in [3.63, 3.8) is 0 Å². The lowest BCUT2D eigenvalue weighted by Gasteiger charge is -2.19. The lowest BCUT2D eigenvalue weighted by molar-refractivity contribution is -0.136. The number of carbonyl (C=O) groups is 3. The Balaban J connectivity index is 2.53. The van der Waals surface area contributed by atoms with E-state index in [-0.39, 0.29) is 32.0 Å². The van der Waals surface area contributed by atoms with E-state index in [4.69, 9.17) is 16.2 Å². The molecule has 1 rings (SSSR count). The molecule has 0 aliphatic heterocycles. The van der Waals surface area contributed by atoms with Gasteiger partial charge in [-0.3, -0.25) is 14.4 Å². The summed E-state index contributed by atoms with van der Waals surface area (Å²) in [5, 5.41) is 5.14. The SMILES string of the molecule is CCCCC(=O)[C@H](CN)NC(=O)CNC(=O)[C@H](CCN)OCc1ccc(C(C)C)cc1. The van der Waals surface area contributed by atoms with Gasteiger partial charge in [0.05, 0.1) is 19.2 Å². The molecule has 0 saturated heterocycles. The zero-order valence-electron chi connectivity index (χ0n) is 19.0. The van der Waals surface area contributed by atoms with Gasteiger partial charge in [-0.25, -0.2) is 0 Å². The molecule has 0 aliphatic rings. The number of amides is 2. The number of unbranched alkanes of at least 4 members (excludes halogenated alkanes) is 1. The third-order valence-corrected chi connectivity index (χ3v) is 4.98. The topological polar surface area (TPSA) is 137 Å². The van der Waals surface area contributed by atoms with E-state index in [9.17, 15) is 14.4 Å². The maximum Gasteiger partial charge on any atom is 0.249 e. The molecule has 0 aliphatic carbocycles. The molecule has 1 aromatic carbocycles. The van der Waals surface area contributed by atoms with Crippen LogP contribution in [0.5, 0.6) is 0 Å². The van der Waals surface area contributed by atoms with Crippen molar-refractivity contribution in [3.8, 4) is 0 Å². The largest absolute Gasteiger partial charge is 0.364 e. The van der Waals surface area contributed by atoms with Gasteiger partial charge in [0.25, 0.3) is 0 Å². The molecule has 0 heterocycles. The minimum absolute atomic E-state index is 0.0245. The molecule has 0 aromatic heterocycles. The maximum absolute atomic E-state index is 12.5. The number of benzene rings is 1. The summed E-state index contributed by atoms with van der Waals surface area (Å²) in [4.78, 5) is 36.7. The fourth-order valence-electron chi connectivity index (χ4n) is 2.96. The number of hydrogen-bond donors (Lipinski definition) is 4. The Morgan fingerprint density at radius 3 is 2.32 bits per heavy atom. The van der Waals surface area contributed by atoms with Gasteiger partial charge in [-0.05, 0) is 36.4 Å². The van der Waals surface area contributed by atoms with Crippen molar-refractivity contribution in [2.45, 2.75) is 71.1 Å². The quantitative estimate of drug-likeness (QED) is 0.329. The van der Waals surface area contributed by atoms with Gasteiger partial charge in [-0.2, -0.15) is 0 Å². The molecule has 8 heteroatoms. The second-order valence-electron chi connectivity index (χ2n) is 7.92. The van der Waals surface area contributed by atoms with Crippen molar-refractivity contribution in [1.29, 1.82) is 0 Å². The number of hydrogen-bond acceptors (Lipinski definition) is 6. The predicted molar refractivity (Wildman–Crippen MR) is 121 cm³/mol. The summed E-state index contributed by atoms with van der Waals surface area (Å²) < 4.78 is 5.75. The van der Waals surface area contributed by atoms with Gasteiger partial charge >= 0.3 is 0 Å². The molecule has 31 heavy (non-hydrogen) atoms. The molecule has 0 spiro atoms. The van der Waals surface area contributed by atoms with E-state index < -0.39 is 24.0 Å². The molecule has 0 saturated carbocycles. The summed E-state index contributed by atoms with van der Waals surface area (Å²) >= 11 is 0. The lowest BCUT2D eigenvalue weighted by Crippen LogP contribution is -2.50. The van der Waals surface area contributed by atoms with E-state index in [0.717, 1.165) is 18.4 Å². The Hall–Kier alpha value is -2.29. The Labute approximate surface area is 185 Å². The average molecular weight is 435 g/mol. The smallest absolute Gasteiger partial charge is 0.249 e. The summed E-state index contributed by atoms with van der Waals surface area (Å²) in [6, 6.07) is 7.30. The van der Waals surface area contributed by atoms with Crippen LogP contribution in [0.25, 0.3) is 0 Å². The van der Waals surface area contributed by atoms with Crippen LogP contribution in [0.15, 0.2) is 24.3 Å². The van der Waals surface area contributed by atoms with Gasteiger partial charge < -0.3 is 26.8 Å². The van der Waals surface area contributed by atoms with Crippen LogP contribution in [0, 0.1) is 0 Å². The van der Waals surface area contributed by atoms with E-state index in [2.05, 4.69) is 24.5 Å². The fraction of sp³-hybridized carbons (Fsp3) is 0.609. The molecule has 6 N–H and O–H groups in total. The van der Waals surface area contributed by atoms with Crippen LogP contribution < -0.4 is 22.1 Å². The first-order valence-corrected chi connectivity index (χ1v) is 11.0. The molecule has 1 aromatic rings. The third-order valence-electron chi connectivity index (χ3n) is 4.98. The van der Waals surface area contributed by atoms with E-state index in [0.29, 0.717) is 18.8 Å². The van der Waals surface area contributed by atoms with E-state index in [1.807, 2.05) is 31.2 Å². The van der Waals surface area contributed by atoms with Crippen LogP contribution in [0.3, 0.4) is 0 Å². The van der Waals surface area contributed by atoms with Crippen LogP contribution in [-0.2, 0) is 25.7 Å². The van der Waals surface area contributed by atoms with Gasteiger partial charge in [0.2, 0.25) is 11.8 Å². The van der Waals surface area contributed by atoms with Crippen molar-refractivity contribution in [2.24, 2.45) is 11.5 Å². The number of rotatable bonds is 15. The molecular formula is C23H38N4O4. The summed E-state index contributed by atoms with van der Waals surface area (Å²) in [5.41, 5.74) is 13.4. The number of nitrogens with two attached hydrogens (primary N) is 2. The fourth-order valence-corrected chi connectivity index (χ4v) is 2.96. The molecule has 0 fully saturated rings. The van der Waals surface area contributed by atoms with Crippen LogP contribution in [0.2, 0.25) is 0 Å². The Kier molecular flexibility index (Phi) is 12.7. The highest BCUT2D eigenvalue weighted by Crippen LogP contribution is 2.15. The number of Topliss-reactive ketones (excluding diaryl/α,β-unsaturated/α-hetero) is 1. The van der Waals surface area contributed by atoms with Crippen molar-refractivity contribution in [3.05, 3.63) is 35.4 Å². The normalized spacial score (nSPS) is 13.0. The predicted octanol–water partition coefficient (Wildman–Crippen LogP) is 1.36. The standard InChI is InChI=1S/C23H38N4O4/c1-4-5-6-20(28)19(13-25)27-22(29)14-26-23(30)21(11-12-24)31-15-17-7-9-18(10-8-17)16(2)3/h7-10,16,19,21H,4-6,11-15,24-25H2,1-3H3,(H,26,30)(H,27,29)/t19-,21-/m0/s1. The van der Waals surface area contributed by atoms with Crippen molar-refractivity contribution in [2.75, 3.05) is 19.6 Å². The second kappa shape index (κ2) is 14.7. The second-order valence-corrected chi connectivity index (χ2v) is 7.92. The first-order chi connectivity index (χ1) is 14.8. The molecule has 8 nitrogen and oxygen atoms in total. The molecule has 2 atom stereocenters. The maximum atomic E-state index is 12.5. The molecule has 0 bridgehead atoms. The lowest BCUT2D eigenvalue weighted by atomic mass is 10.0. The molecular weight excluding hydrogens is 396 g/mol. The third kappa shape index (κ3) is 10.0.